The molecule has 1 amide bonds. The van der Waals surface area contributed by atoms with Crippen molar-refractivity contribution in [1.29, 1.82) is 0 Å². The highest BCUT2D eigenvalue weighted by Crippen LogP contribution is 2.33. The molecule has 0 bridgehead atoms. The third-order valence-electron chi connectivity index (χ3n) is 5.03. The minimum atomic E-state index is -4.55. The number of nitro groups is 1. The molecule has 1 fully saturated rings. The van der Waals surface area contributed by atoms with Crippen molar-refractivity contribution in [2.24, 2.45) is 5.92 Å². The monoisotopic (exact) mass is 491 g/mol. The average Bonchev–Trinajstić information content (AvgIpc) is 2.73. The van der Waals surface area contributed by atoms with Crippen molar-refractivity contribution < 1.29 is 31.3 Å². The number of rotatable bonds is 5. The van der Waals surface area contributed by atoms with Gasteiger partial charge in [-0.05, 0) is 37.1 Å². The van der Waals surface area contributed by atoms with Crippen LogP contribution < -0.4 is 5.32 Å². The minimum absolute atomic E-state index is 0.0109. The molecule has 1 aliphatic rings. The fourth-order valence-corrected chi connectivity index (χ4v) is 5.28. The number of nitro benzene ring substituents is 1. The van der Waals surface area contributed by atoms with Crippen molar-refractivity contribution >= 4 is 38.9 Å². The van der Waals surface area contributed by atoms with Gasteiger partial charge in [-0.15, -0.1) is 0 Å². The predicted octanol–water partition coefficient (Wildman–Crippen LogP) is 4.31. The molecular weight excluding hydrogens is 475 g/mol. The highest BCUT2D eigenvalue weighted by molar-refractivity contribution is 7.89. The number of nitrogens with zero attached hydrogens (tertiary/aromatic N) is 2. The van der Waals surface area contributed by atoms with E-state index >= 15 is 0 Å². The minimum Gasteiger partial charge on any atom is -0.326 e. The van der Waals surface area contributed by atoms with E-state index in [0.29, 0.717) is 0 Å². The smallest absolute Gasteiger partial charge is 0.326 e. The van der Waals surface area contributed by atoms with Crippen LogP contribution >= 0.6 is 11.6 Å². The summed E-state index contributed by atoms with van der Waals surface area (Å²) in [4.78, 5) is 22.3. The van der Waals surface area contributed by atoms with E-state index in [2.05, 4.69) is 5.32 Å². The Hall–Kier alpha value is -2.70. The number of carbonyl (C=O) groups is 1. The largest absolute Gasteiger partial charge is 0.416 e. The van der Waals surface area contributed by atoms with Crippen LogP contribution in [-0.2, 0) is 21.0 Å². The maximum atomic E-state index is 12.9. The molecule has 0 saturated carbocycles. The van der Waals surface area contributed by atoms with Gasteiger partial charge in [0.2, 0.25) is 15.9 Å². The van der Waals surface area contributed by atoms with Crippen molar-refractivity contribution in [3.8, 4) is 0 Å². The highest BCUT2D eigenvalue weighted by atomic mass is 35.5. The predicted molar refractivity (Wildman–Crippen MR) is 110 cm³/mol. The Morgan fingerprint density at radius 3 is 2.41 bits per heavy atom. The first-order valence-corrected chi connectivity index (χ1v) is 11.1. The molecule has 0 radical (unpaired) electrons. The number of carbonyl (C=O) groups excluding carboxylic acids is 1. The summed E-state index contributed by atoms with van der Waals surface area (Å²) in [6, 6.07) is 7.31. The molecule has 1 heterocycles. The molecule has 2 aromatic carbocycles. The molecule has 0 atom stereocenters. The van der Waals surface area contributed by atoms with Gasteiger partial charge in [0.15, 0.2) is 0 Å². The van der Waals surface area contributed by atoms with E-state index in [1.165, 1.54) is 12.1 Å². The normalized spacial score (nSPS) is 16.0. The van der Waals surface area contributed by atoms with Gasteiger partial charge in [0.05, 0.1) is 15.5 Å². The Balaban J connectivity index is 1.68. The summed E-state index contributed by atoms with van der Waals surface area (Å²) in [5, 5.41) is 13.2. The zero-order chi connectivity index (χ0) is 23.7. The number of non-ortho nitro benzene ring substituents is 1. The number of halogens is 4. The molecule has 0 unspecified atom stereocenters. The van der Waals surface area contributed by atoms with Crippen LogP contribution in [0, 0.1) is 16.0 Å². The number of hydrogen-bond acceptors (Lipinski definition) is 5. The third-order valence-corrected chi connectivity index (χ3v) is 7.41. The number of benzene rings is 2. The summed E-state index contributed by atoms with van der Waals surface area (Å²) < 4.78 is 65.4. The topological polar surface area (TPSA) is 110 Å². The molecular formula is C19H17ClF3N3O5S. The second-order valence-corrected chi connectivity index (χ2v) is 9.43. The van der Waals surface area contributed by atoms with Gasteiger partial charge in [0.25, 0.3) is 5.69 Å². The van der Waals surface area contributed by atoms with Gasteiger partial charge in [-0.2, -0.15) is 17.5 Å². The van der Waals surface area contributed by atoms with Crippen molar-refractivity contribution in [1.82, 2.24) is 4.31 Å². The summed E-state index contributed by atoms with van der Waals surface area (Å²) in [7, 11) is -4.14. The lowest BCUT2D eigenvalue weighted by atomic mass is 9.97. The van der Waals surface area contributed by atoms with E-state index in [-0.39, 0.29) is 36.6 Å². The SMILES string of the molecule is O=C(Nc1cccc(C(F)(F)F)c1)C1CCN(S(=O)(=O)c2cc([N+](=O)[O-])ccc2Cl)CC1. The van der Waals surface area contributed by atoms with Gasteiger partial charge < -0.3 is 5.32 Å². The van der Waals surface area contributed by atoms with Crippen LogP contribution in [0.5, 0.6) is 0 Å². The van der Waals surface area contributed by atoms with Gasteiger partial charge in [-0.3, -0.25) is 14.9 Å². The van der Waals surface area contributed by atoms with Crippen LogP contribution in [0.25, 0.3) is 0 Å². The Kier molecular flexibility index (Phi) is 6.77. The number of hydrogen-bond donors (Lipinski definition) is 1. The Morgan fingerprint density at radius 1 is 1.16 bits per heavy atom. The van der Waals surface area contributed by atoms with Crippen LogP contribution in [0.2, 0.25) is 5.02 Å². The zero-order valence-electron chi connectivity index (χ0n) is 16.3. The first-order chi connectivity index (χ1) is 14.9. The Bertz CT molecular complexity index is 1150. The van der Waals surface area contributed by atoms with Crippen LogP contribution in [-0.4, -0.2) is 36.6 Å². The first kappa shape index (κ1) is 24.0. The summed E-state index contributed by atoms with van der Waals surface area (Å²) in [5.74, 6) is -1.13. The van der Waals surface area contributed by atoms with Gasteiger partial charge in [-0.1, -0.05) is 17.7 Å². The van der Waals surface area contributed by atoms with Gasteiger partial charge in [-0.25, -0.2) is 8.42 Å². The fourth-order valence-electron chi connectivity index (χ4n) is 3.32. The maximum Gasteiger partial charge on any atom is 0.416 e. The number of alkyl halides is 3. The number of amides is 1. The lowest BCUT2D eigenvalue weighted by Gasteiger charge is -2.30. The van der Waals surface area contributed by atoms with Crippen LogP contribution in [0.4, 0.5) is 24.5 Å². The van der Waals surface area contributed by atoms with Crippen LogP contribution in [0.15, 0.2) is 47.4 Å². The van der Waals surface area contributed by atoms with Crippen molar-refractivity contribution in [2.75, 3.05) is 18.4 Å². The van der Waals surface area contributed by atoms with E-state index in [1.54, 1.807) is 0 Å². The summed E-state index contributed by atoms with van der Waals surface area (Å²) in [6.07, 6.45) is -4.30. The van der Waals surface area contributed by atoms with Crippen LogP contribution in [0.1, 0.15) is 18.4 Å². The molecule has 8 nitrogen and oxygen atoms in total. The lowest BCUT2D eigenvalue weighted by molar-refractivity contribution is -0.385. The maximum absolute atomic E-state index is 12.9. The summed E-state index contributed by atoms with van der Waals surface area (Å²) in [6.45, 7) is -0.107. The van der Waals surface area contributed by atoms with Gasteiger partial charge in [0.1, 0.15) is 4.90 Å². The van der Waals surface area contributed by atoms with E-state index in [1.807, 2.05) is 0 Å². The number of piperidine rings is 1. The van der Waals surface area contributed by atoms with E-state index in [0.717, 1.165) is 34.6 Å². The second-order valence-electron chi connectivity index (χ2n) is 7.12. The fraction of sp³-hybridized carbons (Fsp3) is 0.316. The third kappa shape index (κ3) is 5.19. The molecule has 0 aliphatic carbocycles. The van der Waals surface area contributed by atoms with Gasteiger partial charge in [0, 0.05) is 36.8 Å². The molecule has 1 N–H and O–H groups in total. The molecule has 0 aromatic heterocycles. The van der Waals surface area contributed by atoms with E-state index < -0.39 is 49.1 Å². The first-order valence-electron chi connectivity index (χ1n) is 9.32. The van der Waals surface area contributed by atoms with Crippen molar-refractivity contribution in [3.63, 3.8) is 0 Å². The lowest BCUT2D eigenvalue weighted by Crippen LogP contribution is -2.41. The van der Waals surface area contributed by atoms with E-state index in [9.17, 15) is 36.5 Å². The van der Waals surface area contributed by atoms with Crippen molar-refractivity contribution in [2.45, 2.75) is 23.9 Å². The second kappa shape index (κ2) is 9.04. The Labute approximate surface area is 186 Å². The summed E-state index contributed by atoms with van der Waals surface area (Å²) in [5.41, 5.74) is -1.34. The Morgan fingerprint density at radius 2 is 1.81 bits per heavy atom. The number of nitrogens with one attached hydrogen (secondary N) is 1. The molecule has 13 heteroatoms. The summed E-state index contributed by atoms with van der Waals surface area (Å²) >= 11 is 5.95. The quantitative estimate of drug-likeness (QED) is 0.495. The molecule has 32 heavy (non-hydrogen) atoms. The molecule has 172 valence electrons. The molecule has 1 aliphatic heterocycles. The molecule has 3 rings (SSSR count). The van der Waals surface area contributed by atoms with Crippen LogP contribution in [0.3, 0.4) is 0 Å². The average molecular weight is 492 g/mol. The highest BCUT2D eigenvalue weighted by Gasteiger charge is 2.34. The molecule has 1 saturated heterocycles. The number of anilines is 1. The molecule has 0 spiro atoms. The van der Waals surface area contributed by atoms with Crippen molar-refractivity contribution in [3.05, 3.63) is 63.2 Å². The zero-order valence-corrected chi connectivity index (χ0v) is 17.9. The standard InChI is InChI=1S/C19H17ClF3N3O5S/c20-16-5-4-15(26(28)29)11-17(16)32(30,31)25-8-6-12(7-9-25)18(27)24-14-3-1-2-13(10-14)19(21,22)23/h1-5,10-12H,6-9H2,(H,24,27). The number of sulfonamides is 1. The van der Waals surface area contributed by atoms with E-state index in [4.69, 9.17) is 11.6 Å². The van der Waals surface area contributed by atoms with Gasteiger partial charge >= 0.3 is 6.18 Å². The molecule has 2 aromatic rings.